The van der Waals surface area contributed by atoms with Crippen LogP contribution in [0.25, 0.3) is 11.1 Å². The van der Waals surface area contributed by atoms with E-state index in [9.17, 15) is 14.3 Å². The minimum absolute atomic E-state index is 0.104. The quantitative estimate of drug-likeness (QED) is 0.612. The smallest absolute Gasteiger partial charge is 0.315 e. The SMILES string of the molecule is O=C(NCc1ccc(F)cc1)NCC(O)c1ccc(-c2ccsc2)cc1. The van der Waals surface area contributed by atoms with E-state index in [0.29, 0.717) is 0 Å². The van der Waals surface area contributed by atoms with Crippen LogP contribution in [-0.4, -0.2) is 17.7 Å². The van der Waals surface area contributed by atoms with Crippen molar-refractivity contribution < 1.29 is 14.3 Å². The molecule has 1 unspecified atom stereocenters. The molecule has 26 heavy (non-hydrogen) atoms. The lowest BCUT2D eigenvalue weighted by atomic mass is 10.0. The summed E-state index contributed by atoms with van der Waals surface area (Å²) in [7, 11) is 0. The number of halogens is 1. The summed E-state index contributed by atoms with van der Waals surface area (Å²) < 4.78 is 12.8. The van der Waals surface area contributed by atoms with Crippen molar-refractivity contribution in [1.82, 2.24) is 10.6 Å². The van der Waals surface area contributed by atoms with Gasteiger partial charge in [0, 0.05) is 13.1 Å². The van der Waals surface area contributed by atoms with Gasteiger partial charge in [-0.25, -0.2) is 9.18 Å². The highest BCUT2D eigenvalue weighted by Gasteiger charge is 2.10. The van der Waals surface area contributed by atoms with Crippen LogP contribution in [0.2, 0.25) is 0 Å². The molecule has 1 heterocycles. The van der Waals surface area contributed by atoms with Crippen LogP contribution in [-0.2, 0) is 6.54 Å². The van der Waals surface area contributed by atoms with Gasteiger partial charge in [-0.05, 0) is 51.2 Å². The zero-order chi connectivity index (χ0) is 18.4. The average molecular weight is 370 g/mol. The molecule has 0 spiro atoms. The van der Waals surface area contributed by atoms with E-state index in [1.54, 1.807) is 23.5 Å². The fourth-order valence-electron chi connectivity index (χ4n) is 2.48. The standard InChI is InChI=1S/C20H19FN2O2S/c21-18-7-1-14(2-8-18)11-22-20(25)23-12-19(24)16-5-3-15(4-6-16)17-9-10-26-13-17/h1-10,13,19,24H,11-12H2,(H2,22,23,25). The summed E-state index contributed by atoms with van der Waals surface area (Å²) in [4.78, 5) is 11.8. The van der Waals surface area contributed by atoms with Gasteiger partial charge in [0.15, 0.2) is 0 Å². The molecule has 0 fully saturated rings. The summed E-state index contributed by atoms with van der Waals surface area (Å²) >= 11 is 1.64. The summed E-state index contributed by atoms with van der Waals surface area (Å²) in [5.74, 6) is -0.314. The monoisotopic (exact) mass is 370 g/mol. The molecule has 1 aromatic heterocycles. The van der Waals surface area contributed by atoms with Gasteiger partial charge in [-0.3, -0.25) is 0 Å². The first kappa shape index (κ1) is 18.1. The second-order valence-electron chi connectivity index (χ2n) is 5.84. The van der Waals surface area contributed by atoms with Crippen molar-refractivity contribution in [2.75, 3.05) is 6.54 Å². The van der Waals surface area contributed by atoms with Crippen molar-refractivity contribution in [1.29, 1.82) is 0 Å². The maximum atomic E-state index is 12.8. The topological polar surface area (TPSA) is 61.4 Å². The van der Waals surface area contributed by atoms with Crippen LogP contribution in [0.3, 0.4) is 0 Å². The lowest BCUT2D eigenvalue weighted by molar-refractivity contribution is 0.173. The second-order valence-corrected chi connectivity index (χ2v) is 6.62. The normalized spacial score (nSPS) is 11.8. The molecule has 2 aromatic carbocycles. The Labute approximate surface area is 155 Å². The third kappa shape index (κ3) is 4.91. The van der Waals surface area contributed by atoms with Crippen molar-refractivity contribution in [2.45, 2.75) is 12.6 Å². The molecule has 3 aromatic rings. The van der Waals surface area contributed by atoms with Crippen LogP contribution in [0.5, 0.6) is 0 Å². The van der Waals surface area contributed by atoms with E-state index in [-0.39, 0.29) is 24.9 Å². The molecule has 0 aliphatic heterocycles. The predicted molar refractivity (Wildman–Crippen MR) is 101 cm³/mol. The summed E-state index contributed by atoms with van der Waals surface area (Å²) in [5.41, 5.74) is 3.77. The van der Waals surface area contributed by atoms with Crippen molar-refractivity contribution in [3.8, 4) is 11.1 Å². The molecule has 0 saturated heterocycles. The zero-order valence-corrected chi connectivity index (χ0v) is 14.8. The summed E-state index contributed by atoms with van der Waals surface area (Å²) in [6.07, 6.45) is -0.789. The first-order valence-electron chi connectivity index (χ1n) is 8.18. The minimum Gasteiger partial charge on any atom is -0.387 e. The molecule has 0 radical (unpaired) electrons. The molecule has 0 bridgehead atoms. The van der Waals surface area contributed by atoms with Gasteiger partial charge in [0.25, 0.3) is 0 Å². The van der Waals surface area contributed by atoms with Crippen LogP contribution in [0.1, 0.15) is 17.2 Å². The van der Waals surface area contributed by atoms with Gasteiger partial charge in [0.05, 0.1) is 6.10 Å². The third-order valence-electron chi connectivity index (χ3n) is 3.97. The highest BCUT2D eigenvalue weighted by molar-refractivity contribution is 7.08. The number of urea groups is 1. The summed E-state index contributed by atoms with van der Waals surface area (Å²) in [6, 6.07) is 15.2. The number of amides is 2. The number of thiophene rings is 1. The van der Waals surface area contributed by atoms with Gasteiger partial charge < -0.3 is 15.7 Å². The molecule has 0 aliphatic rings. The van der Waals surface area contributed by atoms with Crippen molar-refractivity contribution in [3.63, 3.8) is 0 Å². The molecular formula is C20H19FN2O2S. The number of carbonyl (C=O) groups excluding carboxylic acids is 1. The molecule has 0 aliphatic carbocycles. The highest BCUT2D eigenvalue weighted by Crippen LogP contribution is 2.23. The molecule has 0 saturated carbocycles. The Bertz CT molecular complexity index is 833. The molecule has 4 nitrogen and oxygen atoms in total. The first-order chi connectivity index (χ1) is 12.6. The van der Waals surface area contributed by atoms with E-state index in [1.807, 2.05) is 35.7 Å². The maximum absolute atomic E-state index is 12.8. The second kappa shape index (κ2) is 8.60. The molecule has 134 valence electrons. The van der Waals surface area contributed by atoms with E-state index in [1.165, 1.54) is 12.1 Å². The van der Waals surface area contributed by atoms with Gasteiger partial charge in [-0.15, -0.1) is 0 Å². The van der Waals surface area contributed by atoms with Gasteiger partial charge in [-0.2, -0.15) is 11.3 Å². The Morgan fingerprint density at radius 3 is 2.38 bits per heavy atom. The first-order valence-corrected chi connectivity index (χ1v) is 9.13. The van der Waals surface area contributed by atoms with E-state index < -0.39 is 6.10 Å². The minimum atomic E-state index is -0.789. The number of carbonyl (C=O) groups is 1. The van der Waals surface area contributed by atoms with Gasteiger partial charge in [0.2, 0.25) is 0 Å². The molecule has 1 atom stereocenters. The lowest BCUT2D eigenvalue weighted by Crippen LogP contribution is -2.37. The summed E-state index contributed by atoms with van der Waals surface area (Å²) in [5, 5.41) is 19.6. The number of hydrogen-bond donors (Lipinski definition) is 3. The van der Waals surface area contributed by atoms with Crippen LogP contribution in [0, 0.1) is 5.82 Å². The van der Waals surface area contributed by atoms with Gasteiger partial charge >= 0.3 is 6.03 Å². The summed E-state index contributed by atoms with van der Waals surface area (Å²) in [6.45, 7) is 0.393. The van der Waals surface area contributed by atoms with Crippen molar-refractivity contribution in [3.05, 3.63) is 82.3 Å². The third-order valence-corrected chi connectivity index (χ3v) is 4.66. The molecule has 6 heteroatoms. The van der Waals surface area contributed by atoms with E-state index in [2.05, 4.69) is 16.0 Å². The van der Waals surface area contributed by atoms with E-state index in [4.69, 9.17) is 0 Å². The Morgan fingerprint density at radius 2 is 1.73 bits per heavy atom. The zero-order valence-electron chi connectivity index (χ0n) is 14.0. The number of nitrogens with one attached hydrogen (secondary N) is 2. The fraction of sp³-hybridized carbons (Fsp3) is 0.150. The predicted octanol–water partition coefficient (Wildman–Crippen LogP) is 4.09. The van der Waals surface area contributed by atoms with E-state index >= 15 is 0 Å². The van der Waals surface area contributed by atoms with Gasteiger partial charge in [-0.1, -0.05) is 36.4 Å². The Hall–Kier alpha value is -2.70. The highest BCUT2D eigenvalue weighted by atomic mass is 32.1. The van der Waals surface area contributed by atoms with Crippen LogP contribution in [0.15, 0.2) is 65.4 Å². The van der Waals surface area contributed by atoms with E-state index in [0.717, 1.165) is 22.3 Å². The van der Waals surface area contributed by atoms with Crippen LogP contribution >= 0.6 is 11.3 Å². The number of aliphatic hydroxyl groups is 1. The van der Waals surface area contributed by atoms with Crippen molar-refractivity contribution >= 4 is 17.4 Å². The number of rotatable bonds is 6. The molecule has 3 N–H and O–H groups in total. The largest absolute Gasteiger partial charge is 0.387 e. The molecule has 3 rings (SSSR count). The van der Waals surface area contributed by atoms with Crippen molar-refractivity contribution in [2.24, 2.45) is 0 Å². The molecular weight excluding hydrogens is 351 g/mol. The molecule has 2 amide bonds. The lowest BCUT2D eigenvalue weighted by Gasteiger charge is -2.13. The Balaban J connectivity index is 1.46. The van der Waals surface area contributed by atoms with Crippen LogP contribution < -0.4 is 10.6 Å². The number of aliphatic hydroxyl groups excluding tert-OH is 1. The van der Waals surface area contributed by atoms with Gasteiger partial charge in [0.1, 0.15) is 5.82 Å². The number of benzene rings is 2. The average Bonchev–Trinajstić information content (AvgIpc) is 3.20. The Kier molecular flexibility index (Phi) is 5.99. The Morgan fingerprint density at radius 1 is 1.00 bits per heavy atom. The maximum Gasteiger partial charge on any atom is 0.315 e. The van der Waals surface area contributed by atoms with Crippen LogP contribution in [0.4, 0.5) is 9.18 Å². The fourth-order valence-corrected chi connectivity index (χ4v) is 3.15. The number of hydrogen-bond acceptors (Lipinski definition) is 3.